The van der Waals surface area contributed by atoms with Gasteiger partial charge in [0.15, 0.2) is 5.60 Å². The van der Waals surface area contributed by atoms with Crippen molar-refractivity contribution >= 4 is 23.7 Å². The van der Waals surface area contributed by atoms with E-state index in [1.54, 1.807) is 60.7 Å². The lowest BCUT2D eigenvalue weighted by Gasteiger charge is -2.50. The molecule has 3 aromatic carbocycles. The predicted octanol–water partition coefficient (Wildman–Crippen LogP) is 3.10. The summed E-state index contributed by atoms with van der Waals surface area (Å²) in [6.45, 7) is 3.54. The van der Waals surface area contributed by atoms with E-state index in [0.717, 1.165) is 16.7 Å². The second kappa shape index (κ2) is 14.1. The van der Waals surface area contributed by atoms with Gasteiger partial charge in [0, 0.05) is 42.8 Å². The van der Waals surface area contributed by atoms with Gasteiger partial charge >= 0.3 is 5.97 Å². The van der Waals surface area contributed by atoms with Crippen LogP contribution in [-0.2, 0) is 37.6 Å². The number of imidazole rings is 1. The van der Waals surface area contributed by atoms with Gasteiger partial charge in [-0.3, -0.25) is 19.2 Å². The highest BCUT2D eigenvalue weighted by Gasteiger charge is 2.51. The molecule has 1 fully saturated rings. The summed E-state index contributed by atoms with van der Waals surface area (Å²) in [4.78, 5) is 61.8. The second-order valence-corrected chi connectivity index (χ2v) is 11.4. The number of carbonyl (C=O) groups is 4. The normalized spacial score (nSPS) is 14.7. The number of aryl methyl sites for hydroxylation is 1. The standard InChI is InChI=1S/C35H37N5O6/c1-23-9-7-8-12-29(23)35(46-24(2)41)20-40(21-35)34(44)31(17-25-13-15-28(45-3)16-14-25)39-33(43)30(18-27-19-36-22-37-27)38-32(42)26-10-5-4-6-11-26/h4-16,19,22,30-31H,17-18,20-21H2,1-3H3,(H,36,37)(H,38,42)(H,39,43)/t30-,31-/m0/s1. The number of likely N-dealkylation sites (tertiary alicyclic amines) is 1. The van der Waals surface area contributed by atoms with E-state index in [0.29, 0.717) is 17.0 Å². The Labute approximate surface area is 267 Å². The first-order chi connectivity index (χ1) is 22.2. The summed E-state index contributed by atoms with van der Waals surface area (Å²) in [5.41, 5.74) is 2.61. The van der Waals surface area contributed by atoms with E-state index in [4.69, 9.17) is 9.47 Å². The number of ether oxygens (including phenoxy) is 2. The number of amides is 3. The van der Waals surface area contributed by atoms with Crippen LogP contribution in [0.15, 0.2) is 91.4 Å². The highest BCUT2D eigenvalue weighted by atomic mass is 16.6. The maximum atomic E-state index is 14.1. The average Bonchev–Trinajstić information content (AvgIpc) is 3.56. The van der Waals surface area contributed by atoms with Crippen LogP contribution in [0.3, 0.4) is 0 Å². The topological polar surface area (TPSA) is 143 Å². The van der Waals surface area contributed by atoms with Gasteiger partial charge in [-0.15, -0.1) is 0 Å². The minimum Gasteiger partial charge on any atom is -0.497 e. The number of hydrogen-bond donors (Lipinski definition) is 3. The largest absolute Gasteiger partial charge is 0.497 e. The Morgan fingerprint density at radius 3 is 2.24 bits per heavy atom. The Balaban J connectivity index is 1.39. The fraction of sp³-hybridized carbons (Fsp3) is 0.286. The van der Waals surface area contributed by atoms with E-state index in [2.05, 4.69) is 20.6 Å². The molecule has 4 aromatic rings. The smallest absolute Gasteiger partial charge is 0.303 e. The molecule has 1 aromatic heterocycles. The molecule has 1 aliphatic heterocycles. The Kier molecular flexibility index (Phi) is 9.80. The molecule has 11 heteroatoms. The molecule has 2 atom stereocenters. The summed E-state index contributed by atoms with van der Waals surface area (Å²) in [5.74, 6) is -1.09. The molecule has 11 nitrogen and oxygen atoms in total. The molecule has 5 rings (SSSR count). The van der Waals surface area contributed by atoms with E-state index in [1.165, 1.54) is 13.3 Å². The molecule has 0 saturated carbocycles. The highest BCUT2D eigenvalue weighted by molar-refractivity contribution is 5.98. The van der Waals surface area contributed by atoms with Crippen LogP contribution in [0.1, 0.15) is 39.7 Å². The van der Waals surface area contributed by atoms with Gasteiger partial charge in [0.05, 0.1) is 26.5 Å². The van der Waals surface area contributed by atoms with Gasteiger partial charge < -0.3 is 30.0 Å². The van der Waals surface area contributed by atoms with Crippen LogP contribution in [0.2, 0.25) is 0 Å². The van der Waals surface area contributed by atoms with Crippen molar-refractivity contribution in [1.82, 2.24) is 25.5 Å². The van der Waals surface area contributed by atoms with Crippen LogP contribution in [0.25, 0.3) is 0 Å². The number of aromatic amines is 1. The Morgan fingerprint density at radius 2 is 1.61 bits per heavy atom. The van der Waals surface area contributed by atoms with Crippen LogP contribution < -0.4 is 15.4 Å². The molecule has 46 heavy (non-hydrogen) atoms. The monoisotopic (exact) mass is 623 g/mol. The second-order valence-electron chi connectivity index (χ2n) is 11.4. The molecule has 0 radical (unpaired) electrons. The van der Waals surface area contributed by atoms with E-state index < -0.39 is 35.5 Å². The number of rotatable bonds is 12. The number of hydrogen-bond acceptors (Lipinski definition) is 7. The summed E-state index contributed by atoms with van der Waals surface area (Å²) in [7, 11) is 1.57. The molecule has 0 aliphatic carbocycles. The summed E-state index contributed by atoms with van der Waals surface area (Å²) in [6.07, 6.45) is 3.38. The van der Waals surface area contributed by atoms with E-state index in [1.807, 2.05) is 43.3 Å². The minimum atomic E-state index is -1.01. The molecule has 238 valence electrons. The number of benzene rings is 3. The fourth-order valence-electron chi connectivity index (χ4n) is 5.72. The van der Waals surface area contributed by atoms with E-state index >= 15 is 0 Å². The van der Waals surface area contributed by atoms with Crippen molar-refractivity contribution in [3.8, 4) is 5.75 Å². The van der Waals surface area contributed by atoms with E-state index in [9.17, 15) is 19.2 Å². The van der Waals surface area contributed by atoms with Crippen molar-refractivity contribution in [2.75, 3.05) is 20.2 Å². The quantitative estimate of drug-likeness (QED) is 0.206. The Hall–Kier alpha value is -5.45. The zero-order valence-electron chi connectivity index (χ0n) is 26.0. The number of methoxy groups -OCH3 is 1. The molecule has 0 spiro atoms. The predicted molar refractivity (Wildman–Crippen MR) is 170 cm³/mol. The van der Waals surface area contributed by atoms with Gasteiger partial charge in [-0.25, -0.2) is 4.98 Å². The highest BCUT2D eigenvalue weighted by Crippen LogP contribution is 2.38. The maximum Gasteiger partial charge on any atom is 0.303 e. The third-order valence-corrected chi connectivity index (χ3v) is 8.03. The van der Waals surface area contributed by atoms with Crippen molar-refractivity contribution in [3.63, 3.8) is 0 Å². The zero-order valence-corrected chi connectivity index (χ0v) is 26.0. The molecule has 1 saturated heterocycles. The molecule has 3 amide bonds. The van der Waals surface area contributed by atoms with Crippen molar-refractivity contribution in [3.05, 3.63) is 119 Å². The molecule has 0 unspecified atom stereocenters. The molecular weight excluding hydrogens is 586 g/mol. The number of nitrogens with one attached hydrogen (secondary N) is 3. The third kappa shape index (κ3) is 7.43. The first-order valence-corrected chi connectivity index (χ1v) is 15.0. The van der Waals surface area contributed by atoms with Gasteiger partial charge in [-0.2, -0.15) is 0 Å². The SMILES string of the molecule is COc1ccc(C[C@H](NC(=O)[C@H](Cc2cnc[nH]2)NC(=O)c2ccccc2)C(=O)N2CC(OC(C)=O)(c3ccccc3C)C2)cc1. The summed E-state index contributed by atoms with van der Waals surface area (Å²) >= 11 is 0. The average molecular weight is 624 g/mol. The summed E-state index contributed by atoms with van der Waals surface area (Å²) < 4.78 is 11.1. The van der Waals surface area contributed by atoms with Crippen molar-refractivity contribution in [2.24, 2.45) is 0 Å². The van der Waals surface area contributed by atoms with Crippen LogP contribution in [0.4, 0.5) is 0 Å². The number of aromatic nitrogens is 2. The zero-order chi connectivity index (χ0) is 32.7. The van der Waals surface area contributed by atoms with E-state index in [-0.39, 0.29) is 31.8 Å². The number of nitrogens with zero attached hydrogens (tertiary/aromatic N) is 2. The molecule has 1 aliphatic rings. The fourth-order valence-corrected chi connectivity index (χ4v) is 5.72. The first kappa shape index (κ1) is 32.0. The van der Waals surface area contributed by atoms with Crippen molar-refractivity contribution in [2.45, 2.75) is 44.4 Å². The molecule has 2 heterocycles. The molecule has 0 bridgehead atoms. The van der Waals surface area contributed by atoms with Crippen molar-refractivity contribution < 1.29 is 28.7 Å². The number of H-pyrrole nitrogens is 1. The minimum absolute atomic E-state index is 0.125. The maximum absolute atomic E-state index is 14.1. The summed E-state index contributed by atoms with van der Waals surface area (Å²) in [5, 5.41) is 5.73. The number of carbonyl (C=O) groups excluding carboxylic acids is 4. The van der Waals surface area contributed by atoms with Gasteiger partial charge in [-0.05, 0) is 42.3 Å². The van der Waals surface area contributed by atoms with Crippen molar-refractivity contribution in [1.29, 1.82) is 0 Å². The lowest BCUT2D eigenvalue weighted by Crippen LogP contribution is -2.67. The first-order valence-electron chi connectivity index (χ1n) is 15.0. The van der Waals surface area contributed by atoms with Crippen LogP contribution in [-0.4, -0.2) is 70.8 Å². The van der Waals surface area contributed by atoms with Crippen LogP contribution >= 0.6 is 0 Å². The molecular formula is C35H37N5O6. The van der Waals surface area contributed by atoms with Gasteiger partial charge in [0.1, 0.15) is 17.8 Å². The third-order valence-electron chi connectivity index (χ3n) is 8.03. The lowest BCUT2D eigenvalue weighted by molar-refractivity contribution is -0.187. The summed E-state index contributed by atoms with van der Waals surface area (Å²) in [6, 6.07) is 21.4. The lowest BCUT2D eigenvalue weighted by atomic mass is 9.82. The number of esters is 1. The Bertz CT molecular complexity index is 1670. The van der Waals surface area contributed by atoms with Gasteiger partial charge in [-0.1, -0.05) is 54.6 Å². The van der Waals surface area contributed by atoms with Gasteiger partial charge in [0.2, 0.25) is 11.8 Å². The molecule has 3 N–H and O–H groups in total. The van der Waals surface area contributed by atoms with Gasteiger partial charge in [0.25, 0.3) is 5.91 Å². The van der Waals surface area contributed by atoms with Crippen LogP contribution in [0, 0.1) is 6.92 Å². The Morgan fingerprint density at radius 1 is 0.913 bits per heavy atom. The van der Waals surface area contributed by atoms with Crippen LogP contribution in [0.5, 0.6) is 5.75 Å².